The van der Waals surface area contributed by atoms with E-state index in [2.05, 4.69) is 200 Å². The smallest absolute Gasteiger partial charge is 0.160 e. The first-order valence-electron chi connectivity index (χ1n) is 23.4. The summed E-state index contributed by atoms with van der Waals surface area (Å²) in [7, 11) is 0. The van der Waals surface area contributed by atoms with E-state index >= 15 is 0 Å². The minimum Gasteiger partial charge on any atom is -0.254 e. The SMILES string of the molecule is c1ccc(-c2nc(-c3cc(-c4ccc(-c5cccc6c5sc5ccccc56)cc4)cc(-c4ccc(-c5cccc6c5sc5ccccc56)cc4)c3)cc(-c3ccc4ccc5cccnc5c4n3)n2)cc1. The highest BCUT2D eigenvalue weighted by Crippen LogP contribution is 2.43. The molecule has 0 aliphatic carbocycles. The third kappa shape index (κ3) is 6.96. The molecule has 9 aromatic carbocycles. The minimum atomic E-state index is 0.637. The molecule has 14 aromatic rings. The van der Waals surface area contributed by atoms with E-state index in [1.54, 1.807) is 0 Å². The molecule has 0 aliphatic heterocycles. The quantitative estimate of drug-likeness (QED) is 0.149. The third-order valence-electron chi connectivity index (χ3n) is 13.5. The van der Waals surface area contributed by atoms with Crippen LogP contribution in [0.5, 0.6) is 0 Å². The second-order valence-corrected chi connectivity index (χ2v) is 19.9. The third-order valence-corrected chi connectivity index (χ3v) is 16.0. The van der Waals surface area contributed by atoms with Crippen LogP contribution in [0.1, 0.15) is 0 Å². The van der Waals surface area contributed by atoms with Gasteiger partial charge in [0.25, 0.3) is 0 Å². The van der Waals surface area contributed by atoms with Crippen molar-refractivity contribution >= 4 is 84.8 Å². The standard InChI is InChI=1S/C64H38N4S2/c1-2-11-45(12-3-1)64-67-56(38-57(68-64)55-33-32-44-31-30-43-13-10-34-65-60(43)61(44)66-55)48-36-46(39-22-26-41(27-23-39)49-16-8-18-53-51-14-4-6-20-58(51)69-62(49)53)35-47(37-48)40-24-28-42(29-25-40)50-17-9-19-54-52-15-5-7-21-59(52)70-63(50)54/h1-38H. The van der Waals surface area contributed by atoms with Gasteiger partial charge in [0, 0.05) is 68.4 Å². The lowest BCUT2D eigenvalue weighted by Gasteiger charge is -2.14. The average Bonchev–Trinajstić information content (AvgIpc) is 4.02. The topological polar surface area (TPSA) is 51.6 Å². The maximum atomic E-state index is 5.33. The predicted molar refractivity (Wildman–Crippen MR) is 296 cm³/mol. The number of nitrogens with zero attached hydrogens (tertiary/aromatic N) is 4. The molecule has 0 fully saturated rings. The number of rotatable bonds is 7. The maximum Gasteiger partial charge on any atom is 0.160 e. The highest BCUT2D eigenvalue weighted by molar-refractivity contribution is 7.26. The minimum absolute atomic E-state index is 0.637. The first kappa shape index (κ1) is 40.4. The average molecular weight is 927 g/mol. The van der Waals surface area contributed by atoms with E-state index in [9.17, 15) is 0 Å². The molecule has 5 heterocycles. The number of hydrogen-bond acceptors (Lipinski definition) is 6. The number of benzene rings is 9. The van der Waals surface area contributed by atoms with Gasteiger partial charge in [-0.05, 0) is 93.0 Å². The first-order valence-corrected chi connectivity index (χ1v) is 25.1. The van der Waals surface area contributed by atoms with E-state index in [1.165, 1.54) is 62.6 Å². The molecule has 0 atom stereocenters. The van der Waals surface area contributed by atoms with Gasteiger partial charge in [0.2, 0.25) is 0 Å². The second kappa shape index (κ2) is 16.5. The number of hydrogen-bond donors (Lipinski definition) is 0. The van der Waals surface area contributed by atoms with Crippen molar-refractivity contribution in [3.05, 3.63) is 231 Å². The van der Waals surface area contributed by atoms with Crippen molar-refractivity contribution < 1.29 is 0 Å². The Labute approximate surface area is 411 Å². The Hall–Kier alpha value is -8.68. The molecular formula is C64H38N4S2. The summed E-state index contributed by atoms with van der Waals surface area (Å²) in [5, 5.41) is 7.29. The molecule has 0 aliphatic rings. The van der Waals surface area contributed by atoms with Crippen LogP contribution in [0, 0.1) is 0 Å². The Bertz CT molecular complexity index is 4170. The normalized spacial score (nSPS) is 11.7. The molecular weight excluding hydrogens is 889 g/mol. The van der Waals surface area contributed by atoms with E-state index < -0.39 is 0 Å². The molecule has 6 heteroatoms. The zero-order valence-corrected chi connectivity index (χ0v) is 39.2. The van der Waals surface area contributed by atoms with E-state index in [0.717, 1.165) is 72.3 Å². The summed E-state index contributed by atoms with van der Waals surface area (Å²) in [5.41, 5.74) is 15.3. The fourth-order valence-corrected chi connectivity index (χ4v) is 12.5. The van der Waals surface area contributed by atoms with E-state index in [1.807, 2.05) is 53.1 Å². The number of thiophene rings is 2. The van der Waals surface area contributed by atoms with Gasteiger partial charge in [-0.3, -0.25) is 4.98 Å². The van der Waals surface area contributed by atoms with Crippen molar-refractivity contribution in [1.82, 2.24) is 19.9 Å². The predicted octanol–water partition coefficient (Wildman–Crippen LogP) is 18.0. The maximum absolute atomic E-state index is 5.33. The number of pyridine rings is 2. The highest BCUT2D eigenvalue weighted by atomic mass is 32.1. The van der Waals surface area contributed by atoms with Gasteiger partial charge in [-0.25, -0.2) is 15.0 Å². The Balaban J connectivity index is 0.924. The molecule has 5 aromatic heterocycles. The van der Waals surface area contributed by atoms with E-state index in [0.29, 0.717) is 5.82 Å². The molecule has 0 N–H and O–H groups in total. The van der Waals surface area contributed by atoms with Crippen molar-refractivity contribution in [2.45, 2.75) is 0 Å². The van der Waals surface area contributed by atoms with Gasteiger partial charge in [-0.1, -0.05) is 176 Å². The molecule has 0 saturated carbocycles. The molecule has 326 valence electrons. The van der Waals surface area contributed by atoms with E-state index in [4.69, 9.17) is 19.9 Å². The van der Waals surface area contributed by atoms with Gasteiger partial charge >= 0.3 is 0 Å². The van der Waals surface area contributed by atoms with Crippen molar-refractivity contribution in [1.29, 1.82) is 0 Å². The van der Waals surface area contributed by atoms with Gasteiger partial charge in [-0.2, -0.15) is 0 Å². The fraction of sp³-hybridized carbons (Fsp3) is 0. The van der Waals surface area contributed by atoms with Crippen LogP contribution in [-0.4, -0.2) is 19.9 Å². The molecule has 0 unspecified atom stereocenters. The van der Waals surface area contributed by atoms with Gasteiger partial charge in [0.1, 0.15) is 0 Å². The van der Waals surface area contributed by atoms with Crippen LogP contribution >= 0.6 is 22.7 Å². The van der Waals surface area contributed by atoms with Gasteiger partial charge in [0.05, 0.1) is 28.1 Å². The van der Waals surface area contributed by atoms with Crippen LogP contribution in [0.4, 0.5) is 0 Å². The van der Waals surface area contributed by atoms with Crippen molar-refractivity contribution in [2.75, 3.05) is 0 Å². The second-order valence-electron chi connectivity index (χ2n) is 17.8. The molecule has 0 saturated heterocycles. The Morgan fingerprint density at radius 2 is 0.800 bits per heavy atom. The summed E-state index contributed by atoms with van der Waals surface area (Å²) in [4.78, 5) is 20.5. The summed E-state index contributed by atoms with van der Waals surface area (Å²) in [5.74, 6) is 0.637. The first-order chi connectivity index (χ1) is 34.6. The molecule has 0 radical (unpaired) electrons. The Morgan fingerprint density at radius 3 is 1.43 bits per heavy atom. The van der Waals surface area contributed by atoms with Crippen LogP contribution in [0.3, 0.4) is 0 Å². The van der Waals surface area contributed by atoms with Crippen molar-refractivity contribution in [3.63, 3.8) is 0 Å². The van der Waals surface area contributed by atoms with Crippen LogP contribution in [0.25, 0.3) is 141 Å². The zero-order chi connectivity index (χ0) is 46.1. The van der Waals surface area contributed by atoms with Crippen LogP contribution in [0.15, 0.2) is 231 Å². The summed E-state index contributed by atoms with van der Waals surface area (Å²) >= 11 is 3.73. The van der Waals surface area contributed by atoms with Gasteiger partial charge < -0.3 is 0 Å². The van der Waals surface area contributed by atoms with Gasteiger partial charge in [0.15, 0.2) is 5.82 Å². The lowest BCUT2D eigenvalue weighted by atomic mass is 9.92. The largest absolute Gasteiger partial charge is 0.254 e. The summed E-state index contributed by atoms with van der Waals surface area (Å²) in [6.45, 7) is 0. The molecule has 0 spiro atoms. The number of aromatic nitrogens is 4. The molecule has 14 rings (SSSR count). The van der Waals surface area contributed by atoms with E-state index in [-0.39, 0.29) is 0 Å². The summed E-state index contributed by atoms with van der Waals surface area (Å²) in [6, 6.07) is 80.5. The number of fused-ring (bicyclic) bond motifs is 9. The molecule has 4 nitrogen and oxygen atoms in total. The Morgan fingerprint density at radius 1 is 0.286 bits per heavy atom. The molecule has 0 bridgehead atoms. The highest BCUT2D eigenvalue weighted by Gasteiger charge is 2.17. The Kier molecular flexibility index (Phi) is 9.54. The van der Waals surface area contributed by atoms with Crippen LogP contribution in [0.2, 0.25) is 0 Å². The fourth-order valence-electron chi connectivity index (χ4n) is 10.1. The van der Waals surface area contributed by atoms with Gasteiger partial charge in [-0.15, -0.1) is 22.7 Å². The molecule has 70 heavy (non-hydrogen) atoms. The summed E-state index contributed by atoms with van der Waals surface area (Å²) < 4.78 is 5.24. The monoisotopic (exact) mass is 926 g/mol. The lowest BCUT2D eigenvalue weighted by Crippen LogP contribution is -1.98. The zero-order valence-electron chi connectivity index (χ0n) is 37.5. The summed E-state index contributed by atoms with van der Waals surface area (Å²) in [6.07, 6.45) is 1.83. The van der Waals surface area contributed by atoms with Crippen LogP contribution in [-0.2, 0) is 0 Å². The van der Waals surface area contributed by atoms with Crippen LogP contribution < -0.4 is 0 Å². The lowest BCUT2D eigenvalue weighted by molar-refractivity contribution is 1.17. The molecule has 0 amide bonds. The van der Waals surface area contributed by atoms with Crippen molar-refractivity contribution in [3.8, 4) is 78.5 Å². The van der Waals surface area contributed by atoms with Crippen molar-refractivity contribution in [2.24, 2.45) is 0 Å².